The van der Waals surface area contributed by atoms with Crippen molar-refractivity contribution in [1.82, 2.24) is 15.0 Å². The first-order valence-corrected chi connectivity index (χ1v) is 19.0. The van der Waals surface area contributed by atoms with Crippen LogP contribution in [0.4, 0.5) is 0 Å². The minimum atomic E-state index is -0.344. The van der Waals surface area contributed by atoms with Gasteiger partial charge in [-0.15, -0.1) is 0 Å². The number of fused-ring (bicyclic) bond motifs is 13. The molecule has 56 heavy (non-hydrogen) atoms. The SMILES string of the molecule is c1ccc(-c2nc(-c3ccc(-c4ccc5c(c4)-c4ccccc4C54c5ccccc5-c5ccccc54)cc3)nc(-c3ccc4oc5ccccc5c4c3)n2)cc1. The zero-order chi connectivity index (χ0) is 36.8. The lowest BCUT2D eigenvalue weighted by Crippen LogP contribution is -2.25. The highest BCUT2D eigenvalue weighted by Crippen LogP contribution is 2.62. The van der Waals surface area contributed by atoms with E-state index in [-0.39, 0.29) is 5.41 Å². The van der Waals surface area contributed by atoms with Gasteiger partial charge in [0.1, 0.15) is 11.2 Å². The van der Waals surface area contributed by atoms with Crippen molar-refractivity contribution in [3.63, 3.8) is 0 Å². The van der Waals surface area contributed by atoms with Crippen molar-refractivity contribution in [2.45, 2.75) is 5.41 Å². The van der Waals surface area contributed by atoms with Crippen molar-refractivity contribution in [1.29, 1.82) is 0 Å². The predicted octanol–water partition coefficient (Wildman–Crippen LogP) is 12.8. The van der Waals surface area contributed by atoms with E-state index in [0.29, 0.717) is 17.5 Å². The van der Waals surface area contributed by atoms with Gasteiger partial charge in [0.25, 0.3) is 0 Å². The molecule has 12 rings (SSSR count). The molecule has 0 amide bonds. The molecule has 0 radical (unpaired) electrons. The molecule has 4 nitrogen and oxygen atoms in total. The molecule has 0 bridgehead atoms. The van der Waals surface area contributed by atoms with Gasteiger partial charge >= 0.3 is 0 Å². The predicted molar refractivity (Wildman–Crippen MR) is 225 cm³/mol. The average molecular weight is 714 g/mol. The Balaban J connectivity index is 0.964. The van der Waals surface area contributed by atoms with Crippen molar-refractivity contribution in [3.8, 4) is 67.5 Å². The monoisotopic (exact) mass is 713 g/mol. The molecule has 1 spiro atoms. The fraction of sp³-hybridized carbons (Fsp3) is 0.0192. The highest BCUT2D eigenvalue weighted by molar-refractivity contribution is 6.06. The fourth-order valence-electron chi connectivity index (χ4n) is 9.31. The smallest absolute Gasteiger partial charge is 0.164 e. The first-order chi connectivity index (χ1) is 27.7. The van der Waals surface area contributed by atoms with Crippen LogP contribution in [0, 0.1) is 0 Å². The van der Waals surface area contributed by atoms with E-state index in [1.54, 1.807) is 0 Å². The highest BCUT2D eigenvalue weighted by atomic mass is 16.3. The third kappa shape index (κ3) is 4.38. The number of rotatable bonds is 4. The van der Waals surface area contributed by atoms with Gasteiger partial charge in [-0.2, -0.15) is 0 Å². The summed E-state index contributed by atoms with van der Waals surface area (Å²) < 4.78 is 6.12. The van der Waals surface area contributed by atoms with Gasteiger partial charge in [0.2, 0.25) is 0 Å². The molecule has 2 aliphatic carbocycles. The van der Waals surface area contributed by atoms with Crippen molar-refractivity contribution in [2.75, 3.05) is 0 Å². The molecule has 2 aromatic heterocycles. The second kappa shape index (κ2) is 11.8. The third-order valence-electron chi connectivity index (χ3n) is 11.8. The Labute approximate surface area is 323 Å². The fourth-order valence-corrected chi connectivity index (χ4v) is 9.31. The summed E-state index contributed by atoms with van der Waals surface area (Å²) in [5.74, 6) is 1.88. The van der Waals surface area contributed by atoms with Crippen LogP contribution < -0.4 is 0 Å². The molecule has 0 atom stereocenters. The van der Waals surface area contributed by atoms with E-state index in [4.69, 9.17) is 19.4 Å². The Morgan fingerprint density at radius 2 is 0.768 bits per heavy atom. The maximum absolute atomic E-state index is 6.12. The molecular weight excluding hydrogens is 683 g/mol. The largest absolute Gasteiger partial charge is 0.456 e. The molecule has 8 aromatic carbocycles. The zero-order valence-electron chi connectivity index (χ0n) is 30.1. The van der Waals surface area contributed by atoms with E-state index in [1.165, 1.54) is 50.1 Å². The molecule has 4 heteroatoms. The maximum Gasteiger partial charge on any atom is 0.164 e. The molecule has 0 fully saturated rings. The number of hydrogen-bond donors (Lipinski definition) is 0. The molecule has 0 unspecified atom stereocenters. The van der Waals surface area contributed by atoms with Crippen molar-refractivity contribution in [2.24, 2.45) is 0 Å². The number of furan rings is 1. The Hall–Kier alpha value is -7.43. The van der Waals surface area contributed by atoms with Gasteiger partial charge in [-0.25, -0.2) is 15.0 Å². The van der Waals surface area contributed by atoms with Gasteiger partial charge in [0.15, 0.2) is 17.5 Å². The van der Waals surface area contributed by atoms with E-state index in [1.807, 2.05) is 60.7 Å². The Morgan fingerprint density at radius 1 is 0.304 bits per heavy atom. The molecule has 0 saturated heterocycles. The number of nitrogens with zero attached hydrogens (tertiary/aromatic N) is 3. The minimum absolute atomic E-state index is 0.344. The molecule has 0 aliphatic heterocycles. The molecule has 10 aromatic rings. The van der Waals surface area contributed by atoms with Gasteiger partial charge in [-0.3, -0.25) is 0 Å². The second-order valence-corrected chi connectivity index (χ2v) is 14.7. The third-order valence-corrected chi connectivity index (χ3v) is 11.8. The van der Waals surface area contributed by atoms with Gasteiger partial charge in [0.05, 0.1) is 5.41 Å². The van der Waals surface area contributed by atoms with Crippen LogP contribution in [-0.4, -0.2) is 15.0 Å². The number of para-hydroxylation sites is 1. The van der Waals surface area contributed by atoms with Gasteiger partial charge in [-0.1, -0.05) is 158 Å². The normalized spacial score (nSPS) is 13.1. The Bertz CT molecular complexity index is 3150. The zero-order valence-corrected chi connectivity index (χ0v) is 30.1. The van der Waals surface area contributed by atoms with Crippen LogP contribution in [0.1, 0.15) is 22.3 Å². The standard InChI is InChI=1S/C52H31N3O/c1-2-12-33(13-3-1)49-53-50(55-51(54-49)36-27-29-48-42(31-36)40-17-7-11-21-47(40)56-48)34-24-22-32(23-25-34)35-26-28-46-41(30-35)39-16-6-10-20-45(39)52(46)43-18-8-4-14-37(43)38-15-5-9-19-44(38)52/h1-31H. The summed E-state index contributed by atoms with van der Waals surface area (Å²) in [6.45, 7) is 0. The highest BCUT2D eigenvalue weighted by Gasteiger charge is 2.51. The van der Waals surface area contributed by atoms with Crippen LogP contribution in [0.15, 0.2) is 192 Å². The van der Waals surface area contributed by atoms with Gasteiger partial charge in [0, 0.05) is 27.5 Å². The number of hydrogen-bond acceptors (Lipinski definition) is 4. The van der Waals surface area contributed by atoms with Crippen LogP contribution >= 0.6 is 0 Å². The van der Waals surface area contributed by atoms with E-state index < -0.39 is 0 Å². The topological polar surface area (TPSA) is 51.8 Å². The lowest BCUT2D eigenvalue weighted by atomic mass is 9.70. The number of aromatic nitrogens is 3. The van der Waals surface area contributed by atoms with Crippen molar-refractivity contribution < 1.29 is 4.42 Å². The molecule has 260 valence electrons. The van der Waals surface area contributed by atoms with Crippen LogP contribution in [0.3, 0.4) is 0 Å². The summed E-state index contributed by atoms with van der Waals surface area (Å²) in [5.41, 5.74) is 17.0. The van der Waals surface area contributed by atoms with E-state index in [0.717, 1.165) is 44.2 Å². The molecule has 0 saturated carbocycles. The van der Waals surface area contributed by atoms with Crippen LogP contribution in [-0.2, 0) is 5.41 Å². The lowest BCUT2D eigenvalue weighted by molar-refractivity contribution is 0.669. The quantitative estimate of drug-likeness (QED) is 0.182. The van der Waals surface area contributed by atoms with Crippen LogP contribution in [0.5, 0.6) is 0 Å². The van der Waals surface area contributed by atoms with Gasteiger partial charge in [-0.05, 0) is 86.0 Å². The summed E-state index contributed by atoms with van der Waals surface area (Å²) in [6, 6.07) is 66.9. The van der Waals surface area contributed by atoms with Crippen LogP contribution in [0.2, 0.25) is 0 Å². The van der Waals surface area contributed by atoms with Gasteiger partial charge < -0.3 is 4.42 Å². The maximum atomic E-state index is 6.12. The van der Waals surface area contributed by atoms with Crippen molar-refractivity contribution >= 4 is 21.9 Å². The first-order valence-electron chi connectivity index (χ1n) is 19.0. The van der Waals surface area contributed by atoms with Crippen LogP contribution in [0.25, 0.3) is 89.5 Å². The molecular formula is C52H31N3O. The number of benzene rings is 8. The summed E-state index contributed by atoms with van der Waals surface area (Å²) in [4.78, 5) is 15.1. The second-order valence-electron chi connectivity index (χ2n) is 14.7. The summed E-state index contributed by atoms with van der Waals surface area (Å²) in [5, 5.41) is 2.11. The summed E-state index contributed by atoms with van der Waals surface area (Å²) in [6.07, 6.45) is 0. The molecule has 0 N–H and O–H groups in total. The Morgan fingerprint density at radius 3 is 1.45 bits per heavy atom. The van der Waals surface area contributed by atoms with E-state index in [2.05, 4.69) is 127 Å². The average Bonchev–Trinajstić information content (AvgIpc) is 3.90. The minimum Gasteiger partial charge on any atom is -0.456 e. The lowest BCUT2D eigenvalue weighted by Gasteiger charge is -2.30. The molecule has 2 heterocycles. The first kappa shape index (κ1) is 31.0. The molecule has 2 aliphatic rings. The van der Waals surface area contributed by atoms with Crippen molar-refractivity contribution in [3.05, 3.63) is 210 Å². The summed E-state index contributed by atoms with van der Waals surface area (Å²) >= 11 is 0. The van der Waals surface area contributed by atoms with E-state index >= 15 is 0 Å². The van der Waals surface area contributed by atoms with E-state index in [9.17, 15) is 0 Å². The summed E-state index contributed by atoms with van der Waals surface area (Å²) in [7, 11) is 0. The Kier molecular flexibility index (Phi) is 6.52.